The third-order valence-electron chi connectivity index (χ3n) is 2.39. The normalized spacial score (nSPS) is 11.6. The lowest BCUT2D eigenvalue weighted by Gasteiger charge is -2.18. The molecule has 5 nitrogen and oxygen atoms in total. The van der Waals surface area contributed by atoms with Gasteiger partial charge in [0.15, 0.2) is 5.65 Å². The number of anilines is 1. The van der Waals surface area contributed by atoms with Crippen molar-refractivity contribution in [2.45, 2.75) is 26.2 Å². The predicted molar refractivity (Wildman–Crippen MR) is 60.8 cm³/mol. The van der Waals surface area contributed by atoms with Gasteiger partial charge >= 0.3 is 0 Å². The van der Waals surface area contributed by atoms with E-state index in [1.54, 1.807) is 6.07 Å². The van der Waals surface area contributed by atoms with Crippen LogP contribution in [0.3, 0.4) is 0 Å². The predicted octanol–water partition coefficient (Wildman–Crippen LogP) is 1.48. The molecule has 0 amide bonds. The van der Waals surface area contributed by atoms with Crippen molar-refractivity contribution in [3.8, 4) is 6.07 Å². The van der Waals surface area contributed by atoms with E-state index in [4.69, 9.17) is 11.0 Å². The Morgan fingerprint density at radius 1 is 1.44 bits per heavy atom. The largest absolute Gasteiger partial charge is 0.384 e. The van der Waals surface area contributed by atoms with Gasteiger partial charge in [-0.25, -0.2) is 4.98 Å². The molecule has 0 bridgehead atoms. The van der Waals surface area contributed by atoms with E-state index in [0.29, 0.717) is 17.0 Å². The minimum absolute atomic E-state index is 0.104. The molecule has 0 aliphatic carbocycles. The van der Waals surface area contributed by atoms with E-state index in [1.165, 1.54) is 10.7 Å². The van der Waals surface area contributed by atoms with E-state index in [9.17, 15) is 0 Å². The summed E-state index contributed by atoms with van der Waals surface area (Å²) in [6.45, 7) is 6.15. The minimum Gasteiger partial charge on any atom is -0.384 e. The second-order valence-corrected chi connectivity index (χ2v) is 4.72. The van der Waals surface area contributed by atoms with Crippen molar-refractivity contribution in [1.29, 1.82) is 5.26 Å². The second-order valence-electron chi connectivity index (χ2n) is 4.72. The Hall–Kier alpha value is -2.09. The van der Waals surface area contributed by atoms with Crippen molar-refractivity contribution < 1.29 is 0 Å². The highest BCUT2D eigenvalue weighted by atomic mass is 15.3. The molecule has 16 heavy (non-hydrogen) atoms. The van der Waals surface area contributed by atoms with E-state index >= 15 is 0 Å². The fraction of sp³-hybridized carbons (Fsp3) is 0.364. The molecule has 0 spiro atoms. The van der Waals surface area contributed by atoms with Crippen LogP contribution in [0.1, 0.15) is 32.0 Å². The Labute approximate surface area is 93.5 Å². The fourth-order valence-electron chi connectivity index (χ4n) is 1.45. The molecule has 82 valence electrons. The zero-order valence-electron chi connectivity index (χ0n) is 9.52. The number of nitrogens with two attached hydrogens (primary N) is 1. The number of hydrogen-bond acceptors (Lipinski definition) is 4. The van der Waals surface area contributed by atoms with Crippen LogP contribution in [0, 0.1) is 11.3 Å². The highest BCUT2D eigenvalue weighted by Gasteiger charge is 2.19. The van der Waals surface area contributed by atoms with Gasteiger partial charge in [-0.1, -0.05) is 20.8 Å². The molecule has 0 fully saturated rings. The molecule has 2 heterocycles. The summed E-state index contributed by atoms with van der Waals surface area (Å²) in [6, 6.07) is 3.85. The van der Waals surface area contributed by atoms with Gasteiger partial charge in [-0.2, -0.15) is 14.9 Å². The maximum atomic E-state index is 8.92. The van der Waals surface area contributed by atoms with Gasteiger partial charge in [0, 0.05) is 11.5 Å². The molecule has 5 heteroatoms. The Morgan fingerprint density at radius 3 is 2.69 bits per heavy atom. The van der Waals surface area contributed by atoms with Crippen LogP contribution in [0.4, 0.5) is 5.82 Å². The van der Waals surface area contributed by atoms with Crippen molar-refractivity contribution in [3.05, 3.63) is 23.5 Å². The lowest BCUT2D eigenvalue weighted by atomic mass is 9.92. The van der Waals surface area contributed by atoms with Crippen LogP contribution in [0.15, 0.2) is 12.3 Å². The van der Waals surface area contributed by atoms with Crippen LogP contribution in [0.25, 0.3) is 5.65 Å². The lowest BCUT2D eigenvalue weighted by Crippen LogP contribution is -2.16. The Bertz CT molecular complexity index is 583. The van der Waals surface area contributed by atoms with Crippen LogP contribution in [0.5, 0.6) is 0 Å². The highest BCUT2D eigenvalue weighted by Crippen LogP contribution is 2.23. The molecule has 2 aromatic heterocycles. The summed E-state index contributed by atoms with van der Waals surface area (Å²) in [5.41, 5.74) is 7.59. The number of nitriles is 1. The van der Waals surface area contributed by atoms with E-state index < -0.39 is 0 Å². The molecule has 0 radical (unpaired) electrons. The molecular weight excluding hydrogens is 202 g/mol. The summed E-state index contributed by atoms with van der Waals surface area (Å²) in [7, 11) is 0. The number of rotatable bonds is 0. The first-order valence-electron chi connectivity index (χ1n) is 4.98. The number of nitrogen functional groups attached to an aromatic ring is 1. The number of fused-ring (bicyclic) bond motifs is 1. The molecule has 2 aromatic rings. The molecular formula is C11H13N5. The third-order valence-corrected chi connectivity index (χ3v) is 2.39. The Balaban J connectivity index is 2.79. The summed E-state index contributed by atoms with van der Waals surface area (Å²) >= 11 is 0. The average Bonchev–Trinajstić information content (AvgIpc) is 2.59. The summed E-state index contributed by atoms with van der Waals surface area (Å²) in [6.07, 6.45) is 1.48. The van der Waals surface area contributed by atoms with E-state index in [1.807, 2.05) is 20.8 Å². The molecule has 0 aliphatic heterocycles. The van der Waals surface area contributed by atoms with Crippen molar-refractivity contribution in [1.82, 2.24) is 14.6 Å². The smallest absolute Gasteiger partial charge is 0.175 e. The van der Waals surface area contributed by atoms with Crippen LogP contribution in [0.2, 0.25) is 0 Å². The third kappa shape index (κ3) is 1.48. The molecule has 0 aromatic carbocycles. The molecule has 2 N–H and O–H groups in total. The van der Waals surface area contributed by atoms with Gasteiger partial charge in [-0.05, 0) is 0 Å². The molecule has 0 saturated carbocycles. The molecule has 2 rings (SSSR count). The first kappa shape index (κ1) is 10.4. The number of aromatic nitrogens is 3. The topological polar surface area (TPSA) is 80.0 Å². The zero-order valence-corrected chi connectivity index (χ0v) is 9.52. The standard InChI is InChI=1S/C11H13N5/c1-11(2,3)8-4-9(13)16-10(15-8)7(5-12)6-14-16/h4,6H,13H2,1-3H3. The maximum Gasteiger partial charge on any atom is 0.175 e. The van der Waals surface area contributed by atoms with Gasteiger partial charge in [0.1, 0.15) is 17.5 Å². The van der Waals surface area contributed by atoms with E-state index in [2.05, 4.69) is 16.2 Å². The summed E-state index contributed by atoms with van der Waals surface area (Å²) in [4.78, 5) is 4.44. The Kier molecular flexibility index (Phi) is 2.09. The van der Waals surface area contributed by atoms with Gasteiger partial charge in [-0.3, -0.25) is 0 Å². The summed E-state index contributed by atoms with van der Waals surface area (Å²) in [5, 5.41) is 12.9. The van der Waals surface area contributed by atoms with Crippen LogP contribution in [-0.4, -0.2) is 14.6 Å². The Morgan fingerprint density at radius 2 is 2.12 bits per heavy atom. The van der Waals surface area contributed by atoms with Gasteiger partial charge in [0.2, 0.25) is 0 Å². The second kappa shape index (κ2) is 3.20. The van der Waals surface area contributed by atoms with Crippen LogP contribution in [-0.2, 0) is 5.41 Å². The van der Waals surface area contributed by atoms with Crippen molar-refractivity contribution in [3.63, 3.8) is 0 Å². The number of hydrogen-bond donors (Lipinski definition) is 1. The number of nitrogens with zero attached hydrogens (tertiary/aromatic N) is 4. The highest BCUT2D eigenvalue weighted by molar-refractivity contribution is 5.58. The lowest BCUT2D eigenvalue weighted by molar-refractivity contribution is 0.569. The zero-order chi connectivity index (χ0) is 11.9. The average molecular weight is 215 g/mol. The van der Waals surface area contributed by atoms with Crippen molar-refractivity contribution in [2.75, 3.05) is 5.73 Å². The van der Waals surface area contributed by atoms with Crippen LogP contribution < -0.4 is 5.73 Å². The van der Waals surface area contributed by atoms with Gasteiger partial charge in [0.25, 0.3) is 0 Å². The van der Waals surface area contributed by atoms with Crippen molar-refractivity contribution in [2.24, 2.45) is 0 Å². The van der Waals surface area contributed by atoms with Gasteiger partial charge < -0.3 is 5.73 Å². The van der Waals surface area contributed by atoms with Gasteiger partial charge in [0.05, 0.1) is 11.9 Å². The van der Waals surface area contributed by atoms with Gasteiger partial charge in [-0.15, -0.1) is 0 Å². The van der Waals surface area contributed by atoms with E-state index in [-0.39, 0.29) is 5.41 Å². The molecule has 0 aliphatic rings. The molecule has 0 unspecified atom stereocenters. The monoisotopic (exact) mass is 215 g/mol. The molecule has 0 saturated heterocycles. The quantitative estimate of drug-likeness (QED) is 0.721. The first-order valence-corrected chi connectivity index (χ1v) is 4.98. The van der Waals surface area contributed by atoms with Crippen LogP contribution >= 0.6 is 0 Å². The van der Waals surface area contributed by atoms with E-state index in [0.717, 1.165) is 5.69 Å². The first-order chi connectivity index (χ1) is 7.43. The SMILES string of the molecule is CC(C)(C)c1cc(N)n2ncc(C#N)c2n1. The molecule has 0 atom stereocenters. The summed E-state index contributed by atoms with van der Waals surface area (Å²) < 4.78 is 1.48. The minimum atomic E-state index is -0.104. The fourth-order valence-corrected chi connectivity index (χ4v) is 1.45. The maximum absolute atomic E-state index is 8.92. The van der Waals surface area contributed by atoms with Crippen molar-refractivity contribution >= 4 is 11.5 Å². The summed E-state index contributed by atoms with van der Waals surface area (Å²) in [5.74, 6) is 0.497.